The number of ether oxygens (including phenoxy) is 1. The number of hydrogen-bond donors (Lipinski definition) is 0. The van der Waals surface area contributed by atoms with Crippen molar-refractivity contribution in [2.75, 3.05) is 0 Å². The normalized spacial score (nSPS) is 11.8. The summed E-state index contributed by atoms with van der Waals surface area (Å²) in [5.74, 6) is 0.748. The van der Waals surface area contributed by atoms with Crippen molar-refractivity contribution in [3.05, 3.63) is 42.5 Å². The van der Waals surface area contributed by atoms with E-state index >= 15 is 0 Å². The molecule has 0 aliphatic heterocycles. The van der Waals surface area contributed by atoms with E-state index in [1.165, 1.54) is 0 Å². The second kappa shape index (κ2) is 4.45. The maximum absolute atomic E-state index is 10.3. The lowest BCUT2D eigenvalue weighted by Gasteiger charge is -2.09. The van der Waals surface area contributed by atoms with E-state index in [9.17, 15) is 4.79 Å². The smallest absolute Gasteiger partial charge is 0.150 e. The SMILES string of the molecule is C=CC(C)Oc1ccc(C=O)cc1. The number of aldehydes is 1. The summed E-state index contributed by atoms with van der Waals surface area (Å²) in [5, 5.41) is 0. The van der Waals surface area contributed by atoms with Crippen molar-refractivity contribution in [2.24, 2.45) is 0 Å². The third kappa shape index (κ3) is 2.75. The first kappa shape index (κ1) is 9.52. The fourth-order valence-electron chi connectivity index (χ4n) is 0.888. The van der Waals surface area contributed by atoms with Gasteiger partial charge in [0.05, 0.1) is 0 Å². The van der Waals surface area contributed by atoms with Gasteiger partial charge in [-0.2, -0.15) is 0 Å². The van der Waals surface area contributed by atoms with Crippen molar-refractivity contribution in [1.82, 2.24) is 0 Å². The van der Waals surface area contributed by atoms with Gasteiger partial charge < -0.3 is 4.74 Å². The van der Waals surface area contributed by atoms with E-state index in [4.69, 9.17) is 4.74 Å². The van der Waals surface area contributed by atoms with E-state index in [1.807, 2.05) is 6.92 Å². The molecule has 0 aliphatic carbocycles. The first-order valence-electron chi connectivity index (χ1n) is 4.10. The molecule has 2 nitrogen and oxygen atoms in total. The van der Waals surface area contributed by atoms with Crippen molar-refractivity contribution in [1.29, 1.82) is 0 Å². The minimum atomic E-state index is -0.0120. The van der Waals surface area contributed by atoms with Gasteiger partial charge in [-0.05, 0) is 31.2 Å². The number of benzene rings is 1. The quantitative estimate of drug-likeness (QED) is 0.520. The summed E-state index contributed by atoms with van der Waals surface area (Å²) in [7, 11) is 0. The molecule has 1 atom stereocenters. The molecule has 0 aromatic heterocycles. The van der Waals surface area contributed by atoms with Crippen LogP contribution in [0.25, 0.3) is 0 Å². The van der Waals surface area contributed by atoms with Crippen LogP contribution in [-0.4, -0.2) is 12.4 Å². The molecule has 1 unspecified atom stereocenters. The highest BCUT2D eigenvalue weighted by atomic mass is 16.5. The largest absolute Gasteiger partial charge is 0.487 e. The van der Waals surface area contributed by atoms with Gasteiger partial charge in [-0.15, -0.1) is 0 Å². The van der Waals surface area contributed by atoms with E-state index < -0.39 is 0 Å². The molecule has 0 aliphatic rings. The first-order chi connectivity index (χ1) is 6.26. The molecule has 0 bridgehead atoms. The molecule has 0 heterocycles. The van der Waals surface area contributed by atoms with Gasteiger partial charge in [-0.25, -0.2) is 0 Å². The van der Waals surface area contributed by atoms with Crippen LogP contribution >= 0.6 is 0 Å². The van der Waals surface area contributed by atoms with Crippen LogP contribution in [0.2, 0.25) is 0 Å². The van der Waals surface area contributed by atoms with Gasteiger partial charge >= 0.3 is 0 Å². The highest BCUT2D eigenvalue weighted by molar-refractivity contribution is 5.74. The Morgan fingerprint density at radius 1 is 1.38 bits per heavy atom. The second-order valence-electron chi connectivity index (χ2n) is 2.75. The zero-order chi connectivity index (χ0) is 9.68. The van der Waals surface area contributed by atoms with Crippen LogP contribution in [-0.2, 0) is 0 Å². The number of carbonyl (C=O) groups excluding carboxylic acids is 1. The predicted molar refractivity (Wildman–Crippen MR) is 52.1 cm³/mol. The van der Waals surface area contributed by atoms with Gasteiger partial charge in [0.2, 0.25) is 0 Å². The highest BCUT2D eigenvalue weighted by Crippen LogP contribution is 2.12. The van der Waals surface area contributed by atoms with Crippen LogP contribution in [0.4, 0.5) is 0 Å². The molecule has 0 radical (unpaired) electrons. The topological polar surface area (TPSA) is 26.3 Å². The lowest BCUT2D eigenvalue weighted by Crippen LogP contribution is -2.06. The molecule has 0 N–H and O–H groups in total. The molecule has 13 heavy (non-hydrogen) atoms. The molecule has 1 aromatic rings. The van der Waals surface area contributed by atoms with Crippen LogP contribution in [0.5, 0.6) is 5.75 Å². The zero-order valence-electron chi connectivity index (χ0n) is 7.57. The molecule has 68 valence electrons. The first-order valence-corrected chi connectivity index (χ1v) is 4.10. The van der Waals surface area contributed by atoms with Crippen LogP contribution in [0.15, 0.2) is 36.9 Å². The molecule has 2 heteroatoms. The summed E-state index contributed by atoms with van der Waals surface area (Å²) in [5.41, 5.74) is 0.651. The molecule has 0 fully saturated rings. The van der Waals surface area contributed by atoms with Gasteiger partial charge in [-0.3, -0.25) is 4.79 Å². The fraction of sp³-hybridized carbons (Fsp3) is 0.182. The lowest BCUT2D eigenvalue weighted by atomic mass is 10.2. The van der Waals surface area contributed by atoms with E-state index in [0.29, 0.717) is 5.56 Å². The maximum atomic E-state index is 10.3. The summed E-state index contributed by atoms with van der Waals surface area (Å²) in [6, 6.07) is 6.98. The summed E-state index contributed by atoms with van der Waals surface area (Å²) >= 11 is 0. The van der Waals surface area contributed by atoms with E-state index in [2.05, 4.69) is 6.58 Å². The number of rotatable bonds is 4. The average Bonchev–Trinajstić information content (AvgIpc) is 2.19. The third-order valence-electron chi connectivity index (χ3n) is 1.67. The van der Waals surface area contributed by atoms with Gasteiger partial charge in [0, 0.05) is 5.56 Å². The Morgan fingerprint density at radius 3 is 2.46 bits per heavy atom. The van der Waals surface area contributed by atoms with Crippen molar-refractivity contribution in [3.8, 4) is 5.75 Å². The Balaban J connectivity index is 2.69. The highest BCUT2D eigenvalue weighted by Gasteiger charge is 1.98. The Bertz CT molecular complexity index is 287. The molecule has 1 rings (SSSR count). The van der Waals surface area contributed by atoms with Crippen LogP contribution in [0.3, 0.4) is 0 Å². The summed E-state index contributed by atoms with van der Waals surface area (Å²) < 4.78 is 5.43. The Morgan fingerprint density at radius 2 is 2.00 bits per heavy atom. The molecule has 0 saturated carbocycles. The Labute approximate surface area is 77.8 Å². The van der Waals surface area contributed by atoms with Gasteiger partial charge in [-0.1, -0.05) is 12.7 Å². The maximum Gasteiger partial charge on any atom is 0.150 e. The molecule has 0 amide bonds. The monoisotopic (exact) mass is 176 g/mol. The fourth-order valence-corrected chi connectivity index (χ4v) is 0.888. The summed E-state index contributed by atoms with van der Waals surface area (Å²) in [6.07, 6.45) is 2.51. The standard InChI is InChI=1S/C11H12O2/c1-3-9(2)13-11-6-4-10(8-12)5-7-11/h3-9H,1H2,2H3. The lowest BCUT2D eigenvalue weighted by molar-refractivity contribution is 0.112. The molecule has 1 aromatic carbocycles. The zero-order valence-corrected chi connectivity index (χ0v) is 7.57. The number of carbonyl (C=O) groups is 1. The second-order valence-corrected chi connectivity index (χ2v) is 2.75. The van der Waals surface area contributed by atoms with Crippen molar-refractivity contribution in [3.63, 3.8) is 0 Å². The van der Waals surface area contributed by atoms with Crippen LogP contribution < -0.4 is 4.74 Å². The van der Waals surface area contributed by atoms with E-state index in [0.717, 1.165) is 12.0 Å². The van der Waals surface area contributed by atoms with E-state index in [-0.39, 0.29) is 6.10 Å². The summed E-state index contributed by atoms with van der Waals surface area (Å²) in [4.78, 5) is 10.3. The van der Waals surface area contributed by atoms with Gasteiger partial charge in [0.25, 0.3) is 0 Å². The minimum absolute atomic E-state index is 0.0120. The third-order valence-corrected chi connectivity index (χ3v) is 1.67. The molecular weight excluding hydrogens is 164 g/mol. The van der Waals surface area contributed by atoms with Crippen LogP contribution in [0, 0.1) is 0 Å². The average molecular weight is 176 g/mol. The molecular formula is C11H12O2. The Hall–Kier alpha value is -1.57. The van der Waals surface area contributed by atoms with E-state index in [1.54, 1.807) is 30.3 Å². The van der Waals surface area contributed by atoms with Crippen molar-refractivity contribution < 1.29 is 9.53 Å². The summed E-state index contributed by atoms with van der Waals surface area (Å²) in [6.45, 7) is 5.51. The van der Waals surface area contributed by atoms with Crippen molar-refractivity contribution in [2.45, 2.75) is 13.0 Å². The van der Waals surface area contributed by atoms with Crippen molar-refractivity contribution >= 4 is 6.29 Å². The predicted octanol–water partition coefficient (Wildman–Crippen LogP) is 2.45. The minimum Gasteiger partial charge on any atom is -0.487 e. The van der Waals surface area contributed by atoms with Crippen LogP contribution in [0.1, 0.15) is 17.3 Å². The van der Waals surface area contributed by atoms with Gasteiger partial charge in [0.1, 0.15) is 18.1 Å². The van der Waals surface area contributed by atoms with Gasteiger partial charge in [0.15, 0.2) is 0 Å². The molecule has 0 spiro atoms. The molecule has 0 saturated heterocycles. The Kier molecular flexibility index (Phi) is 3.26. The number of hydrogen-bond acceptors (Lipinski definition) is 2.